The highest BCUT2D eigenvalue weighted by molar-refractivity contribution is 5.92. The smallest absolute Gasteiger partial charge is 0.274 e. The van der Waals surface area contributed by atoms with Crippen LogP contribution in [-0.2, 0) is 11.3 Å². The molecule has 2 aliphatic rings. The Morgan fingerprint density at radius 3 is 2.69 bits per heavy atom. The second-order valence-corrected chi connectivity index (χ2v) is 6.98. The second kappa shape index (κ2) is 9.06. The van der Waals surface area contributed by atoms with Gasteiger partial charge in [0.25, 0.3) is 5.91 Å². The largest absolute Gasteiger partial charge is 0.454 e. The summed E-state index contributed by atoms with van der Waals surface area (Å²) in [7, 11) is 1.64. The lowest BCUT2D eigenvalue weighted by molar-refractivity contribution is 0.0621. The van der Waals surface area contributed by atoms with Gasteiger partial charge in [-0.15, -0.1) is 10.2 Å². The first-order valence-corrected chi connectivity index (χ1v) is 9.69. The molecule has 4 rings (SSSR count). The van der Waals surface area contributed by atoms with Gasteiger partial charge in [-0.25, -0.2) is 0 Å². The molecule has 1 saturated heterocycles. The van der Waals surface area contributed by atoms with E-state index >= 15 is 0 Å². The Morgan fingerprint density at radius 1 is 1.10 bits per heavy atom. The maximum atomic E-state index is 12.7. The maximum Gasteiger partial charge on any atom is 0.274 e. The van der Waals surface area contributed by atoms with Crippen LogP contribution in [0.3, 0.4) is 0 Å². The molecule has 0 saturated carbocycles. The number of anilines is 1. The molecule has 1 N–H and O–H groups in total. The summed E-state index contributed by atoms with van der Waals surface area (Å²) < 4.78 is 15.8. The van der Waals surface area contributed by atoms with Crippen molar-refractivity contribution >= 4 is 11.7 Å². The number of fused-ring (bicyclic) bond motifs is 1. The van der Waals surface area contributed by atoms with Crippen LogP contribution in [0.15, 0.2) is 30.3 Å². The lowest BCUT2D eigenvalue weighted by Gasteiger charge is -2.34. The molecule has 0 bridgehead atoms. The van der Waals surface area contributed by atoms with Crippen molar-refractivity contribution in [3.05, 3.63) is 41.6 Å². The Bertz CT molecular complexity index is 837. The standard InChI is InChI=1S/C20H25N5O4/c1-27-11-6-21-19-5-3-16(22-23-19)20(26)25-9-7-24(8-10-25)13-15-2-4-17-18(12-15)29-14-28-17/h2-5,12H,6-11,13-14H2,1H3,(H,21,23). The van der Waals surface area contributed by atoms with Crippen molar-refractivity contribution in [3.63, 3.8) is 0 Å². The predicted molar refractivity (Wildman–Crippen MR) is 106 cm³/mol. The van der Waals surface area contributed by atoms with Gasteiger partial charge in [0.05, 0.1) is 6.61 Å². The number of nitrogens with zero attached hydrogens (tertiary/aromatic N) is 4. The molecule has 1 aromatic heterocycles. The van der Waals surface area contributed by atoms with Crippen LogP contribution in [0.2, 0.25) is 0 Å². The van der Waals surface area contributed by atoms with Gasteiger partial charge in [0.2, 0.25) is 6.79 Å². The van der Waals surface area contributed by atoms with E-state index in [2.05, 4.69) is 26.5 Å². The van der Waals surface area contributed by atoms with Crippen molar-refractivity contribution in [2.75, 3.05) is 58.6 Å². The van der Waals surface area contributed by atoms with Gasteiger partial charge in [-0.2, -0.15) is 0 Å². The molecule has 2 aliphatic heterocycles. The van der Waals surface area contributed by atoms with Gasteiger partial charge in [-0.05, 0) is 29.8 Å². The monoisotopic (exact) mass is 399 g/mol. The van der Waals surface area contributed by atoms with Crippen molar-refractivity contribution in [2.45, 2.75) is 6.54 Å². The summed E-state index contributed by atoms with van der Waals surface area (Å²) in [6.45, 7) is 5.28. The number of nitrogens with one attached hydrogen (secondary N) is 1. The average Bonchev–Trinajstić information content (AvgIpc) is 3.22. The Morgan fingerprint density at radius 2 is 1.93 bits per heavy atom. The molecule has 0 spiro atoms. The van der Waals surface area contributed by atoms with Gasteiger partial charge >= 0.3 is 0 Å². The molecule has 29 heavy (non-hydrogen) atoms. The summed E-state index contributed by atoms with van der Waals surface area (Å²) in [5.74, 6) is 2.15. The summed E-state index contributed by atoms with van der Waals surface area (Å²) in [5.41, 5.74) is 1.54. The number of rotatable bonds is 7. The first-order chi connectivity index (χ1) is 14.2. The average molecular weight is 399 g/mol. The van der Waals surface area contributed by atoms with Gasteiger partial charge in [-0.1, -0.05) is 6.07 Å². The summed E-state index contributed by atoms with van der Waals surface area (Å²) in [6, 6.07) is 9.51. The molecular formula is C20H25N5O4. The minimum absolute atomic E-state index is 0.0799. The van der Waals surface area contributed by atoms with E-state index in [-0.39, 0.29) is 12.7 Å². The van der Waals surface area contributed by atoms with Crippen LogP contribution < -0.4 is 14.8 Å². The van der Waals surface area contributed by atoms with Gasteiger partial charge in [0.15, 0.2) is 17.2 Å². The zero-order chi connectivity index (χ0) is 20.1. The zero-order valence-electron chi connectivity index (χ0n) is 16.5. The quantitative estimate of drug-likeness (QED) is 0.696. The Hall–Kier alpha value is -2.91. The van der Waals surface area contributed by atoms with E-state index in [4.69, 9.17) is 14.2 Å². The molecule has 9 heteroatoms. The van der Waals surface area contributed by atoms with E-state index in [0.29, 0.717) is 37.8 Å². The summed E-state index contributed by atoms with van der Waals surface area (Å²) in [6.07, 6.45) is 0. The summed E-state index contributed by atoms with van der Waals surface area (Å²) >= 11 is 0. The number of aromatic nitrogens is 2. The third kappa shape index (κ3) is 4.75. The molecular weight excluding hydrogens is 374 g/mol. The van der Waals surface area contributed by atoms with Crippen molar-refractivity contribution in [1.29, 1.82) is 0 Å². The molecule has 1 aromatic carbocycles. The predicted octanol–water partition coefficient (Wildman–Crippen LogP) is 1.22. The van der Waals surface area contributed by atoms with Gasteiger partial charge in [-0.3, -0.25) is 9.69 Å². The molecule has 2 aromatic rings. The lowest BCUT2D eigenvalue weighted by Crippen LogP contribution is -2.48. The second-order valence-electron chi connectivity index (χ2n) is 6.98. The SMILES string of the molecule is COCCNc1ccc(C(=O)N2CCN(Cc3ccc4c(c3)OCO4)CC2)nn1. The van der Waals surface area contributed by atoms with Crippen LogP contribution in [0.4, 0.5) is 5.82 Å². The molecule has 1 amide bonds. The minimum Gasteiger partial charge on any atom is -0.454 e. The topological polar surface area (TPSA) is 89.1 Å². The fraction of sp³-hybridized carbons (Fsp3) is 0.450. The number of ether oxygens (including phenoxy) is 3. The van der Waals surface area contributed by atoms with Gasteiger partial charge in [0.1, 0.15) is 5.82 Å². The Balaban J connectivity index is 1.27. The Kier molecular flexibility index (Phi) is 6.06. The van der Waals surface area contributed by atoms with Gasteiger partial charge in [0, 0.05) is 46.4 Å². The van der Waals surface area contributed by atoms with Crippen LogP contribution in [0.25, 0.3) is 0 Å². The molecule has 0 radical (unpaired) electrons. The summed E-state index contributed by atoms with van der Waals surface area (Å²) in [5, 5.41) is 11.2. The summed E-state index contributed by atoms with van der Waals surface area (Å²) in [4.78, 5) is 16.9. The van der Waals surface area contributed by atoms with E-state index in [1.165, 1.54) is 5.56 Å². The highest BCUT2D eigenvalue weighted by atomic mass is 16.7. The van der Waals surface area contributed by atoms with Crippen LogP contribution in [0, 0.1) is 0 Å². The van der Waals surface area contributed by atoms with Crippen molar-refractivity contribution in [1.82, 2.24) is 20.0 Å². The van der Waals surface area contributed by atoms with E-state index in [0.717, 1.165) is 31.1 Å². The van der Waals surface area contributed by atoms with Crippen LogP contribution in [0.5, 0.6) is 11.5 Å². The normalized spacial score (nSPS) is 16.1. The van der Waals surface area contributed by atoms with Crippen molar-refractivity contribution in [2.24, 2.45) is 0 Å². The number of amides is 1. The third-order valence-corrected chi connectivity index (χ3v) is 5.00. The molecule has 0 unspecified atom stereocenters. The molecule has 154 valence electrons. The fourth-order valence-electron chi connectivity index (χ4n) is 3.39. The number of methoxy groups -OCH3 is 1. The Labute approximate surface area is 169 Å². The van der Waals surface area contributed by atoms with Crippen LogP contribution >= 0.6 is 0 Å². The van der Waals surface area contributed by atoms with Crippen molar-refractivity contribution < 1.29 is 19.0 Å². The van der Waals surface area contributed by atoms with E-state index < -0.39 is 0 Å². The number of carbonyl (C=O) groups is 1. The van der Waals surface area contributed by atoms with E-state index in [1.807, 2.05) is 17.0 Å². The minimum atomic E-state index is -0.0799. The molecule has 0 atom stereocenters. The zero-order valence-corrected chi connectivity index (χ0v) is 16.5. The van der Waals surface area contributed by atoms with E-state index in [9.17, 15) is 4.79 Å². The van der Waals surface area contributed by atoms with Gasteiger partial charge < -0.3 is 24.4 Å². The fourth-order valence-corrected chi connectivity index (χ4v) is 3.39. The molecule has 1 fully saturated rings. The molecule has 3 heterocycles. The first kappa shape index (κ1) is 19.4. The number of hydrogen-bond acceptors (Lipinski definition) is 8. The number of benzene rings is 1. The van der Waals surface area contributed by atoms with Crippen LogP contribution in [0.1, 0.15) is 16.1 Å². The first-order valence-electron chi connectivity index (χ1n) is 9.69. The van der Waals surface area contributed by atoms with Crippen molar-refractivity contribution in [3.8, 4) is 11.5 Å². The van der Waals surface area contributed by atoms with Crippen LogP contribution in [-0.4, -0.2) is 79.1 Å². The van der Waals surface area contributed by atoms with E-state index in [1.54, 1.807) is 19.2 Å². The third-order valence-electron chi connectivity index (χ3n) is 5.00. The lowest BCUT2D eigenvalue weighted by atomic mass is 10.1. The highest BCUT2D eigenvalue weighted by Crippen LogP contribution is 2.32. The number of hydrogen-bond donors (Lipinski definition) is 1. The maximum absolute atomic E-state index is 12.7. The highest BCUT2D eigenvalue weighted by Gasteiger charge is 2.24. The molecule has 0 aliphatic carbocycles. The number of carbonyl (C=O) groups excluding carboxylic acids is 1. The number of piperazine rings is 1. The molecule has 9 nitrogen and oxygen atoms in total.